The molecule has 3 unspecified atom stereocenters. The van der Waals surface area contributed by atoms with Gasteiger partial charge in [0.05, 0.1) is 12.7 Å². The summed E-state index contributed by atoms with van der Waals surface area (Å²) in [4.78, 5) is 2.30. The Morgan fingerprint density at radius 3 is 2.88 bits per heavy atom. The minimum atomic E-state index is -0.350. The van der Waals surface area contributed by atoms with Gasteiger partial charge in [0.15, 0.2) is 0 Å². The van der Waals surface area contributed by atoms with E-state index in [1.54, 1.807) is 0 Å². The van der Waals surface area contributed by atoms with E-state index in [-0.39, 0.29) is 12.1 Å². The predicted octanol–water partition coefficient (Wildman–Crippen LogP) is 1.37. The minimum Gasteiger partial charge on any atom is -0.387 e. The molecular weight excluding hydrogens is 214 g/mol. The van der Waals surface area contributed by atoms with Crippen LogP contribution < -0.4 is 0 Å². The highest BCUT2D eigenvalue weighted by molar-refractivity contribution is 5.35. The van der Waals surface area contributed by atoms with Crippen LogP contribution in [0.4, 0.5) is 0 Å². The Hall–Kier alpha value is -0.900. The lowest BCUT2D eigenvalue weighted by molar-refractivity contribution is 0.0468. The van der Waals surface area contributed by atoms with E-state index in [9.17, 15) is 5.11 Å². The lowest BCUT2D eigenvalue weighted by Gasteiger charge is -2.31. The average molecular weight is 233 g/mol. The van der Waals surface area contributed by atoms with Crippen molar-refractivity contribution in [2.24, 2.45) is 0 Å². The lowest BCUT2D eigenvalue weighted by Crippen LogP contribution is -2.42. The molecule has 3 nitrogen and oxygen atoms in total. The molecule has 1 saturated heterocycles. The molecule has 1 heterocycles. The SMILES string of the molecule is CN(C1CCOC1)C1Cc2ccccc2C1O. The van der Waals surface area contributed by atoms with E-state index in [0.717, 1.165) is 31.6 Å². The molecule has 17 heavy (non-hydrogen) atoms. The standard InChI is InChI=1S/C14H19NO2/c1-15(11-6-7-17-9-11)13-8-10-4-2-3-5-12(10)14(13)16/h2-5,11,13-14,16H,6-9H2,1H3. The highest BCUT2D eigenvalue weighted by Gasteiger charge is 2.36. The van der Waals surface area contributed by atoms with Gasteiger partial charge in [-0.25, -0.2) is 0 Å². The molecule has 0 saturated carbocycles. The quantitative estimate of drug-likeness (QED) is 0.837. The molecule has 92 valence electrons. The van der Waals surface area contributed by atoms with E-state index < -0.39 is 0 Å². The van der Waals surface area contributed by atoms with Gasteiger partial charge in [-0.2, -0.15) is 0 Å². The van der Waals surface area contributed by atoms with Crippen molar-refractivity contribution < 1.29 is 9.84 Å². The van der Waals surface area contributed by atoms with Crippen molar-refractivity contribution in [2.45, 2.75) is 31.0 Å². The van der Waals surface area contributed by atoms with Crippen LogP contribution in [0.15, 0.2) is 24.3 Å². The highest BCUT2D eigenvalue weighted by atomic mass is 16.5. The normalized spacial score (nSPS) is 32.1. The molecule has 0 aromatic heterocycles. The molecule has 0 amide bonds. The Balaban J connectivity index is 1.78. The van der Waals surface area contributed by atoms with Gasteiger partial charge in [-0.15, -0.1) is 0 Å². The van der Waals surface area contributed by atoms with Gasteiger partial charge in [-0.05, 0) is 31.0 Å². The second-order valence-electron chi connectivity index (χ2n) is 5.10. The molecule has 2 aliphatic rings. The molecule has 1 aliphatic heterocycles. The van der Waals surface area contributed by atoms with Crippen LogP contribution >= 0.6 is 0 Å². The molecular formula is C14H19NO2. The van der Waals surface area contributed by atoms with E-state index in [1.807, 2.05) is 18.2 Å². The van der Waals surface area contributed by atoms with Crippen molar-refractivity contribution in [3.63, 3.8) is 0 Å². The summed E-state index contributed by atoms with van der Waals surface area (Å²) in [6, 6.07) is 8.88. The smallest absolute Gasteiger partial charge is 0.0951 e. The fourth-order valence-electron chi connectivity index (χ4n) is 3.03. The Bertz CT molecular complexity index is 401. The van der Waals surface area contributed by atoms with Crippen LogP contribution in [0.5, 0.6) is 0 Å². The number of benzene rings is 1. The average Bonchev–Trinajstić information content (AvgIpc) is 2.97. The summed E-state index contributed by atoms with van der Waals surface area (Å²) in [5.41, 5.74) is 2.39. The third-order valence-corrected chi connectivity index (χ3v) is 4.17. The number of hydrogen-bond donors (Lipinski definition) is 1. The molecule has 3 rings (SSSR count). The zero-order chi connectivity index (χ0) is 11.8. The molecule has 1 aromatic carbocycles. The number of ether oxygens (including phenoxy) is 1. The van der Waals surface area contributed by atoms with Gasteiger partial charge < -0.3 is 9.84 Å². The van der Waals surface area contributed by atoms with Crippen LogP contribution in [-0.2, 0) is 11.2 Å². The van der Waals surface area contributed by atoms with E-state index in [4.69, 9.17) is 4.74 Å². The molecule has 1 aliphatic carbocycles. The molecule has 0 spiro atoms. The molecule has 3 heteroatoms. The summed E-state index contributed by atoms with van der Waals surface area (Å²) in [6.07, 6.45) is 1.68. The second kappa shape index (κ2) is 4.41. The predicted molar refractivity (Wildman–Crippen MR) is 65.9 cm³/mol. The first kappa shape index (κ1) is 11.2. The summed E-state index contributed by atoms with van der Waals surface area (Å²) in [7, 11) is 2.11. The number of fused-ring (bicyclic) bond motifs is 1. The van der Waals surface area contributed by atoms with Gasteiger partial charge in [0.25, 0.3) is 0 Å². The fourth-order valence-corrected chi connectivity index (χ4v) is 3.03. The van der Waals surface area contributed by atoms with Crippen molar-refractivity contribution in [3.8, 4) is 0 Å². The maximum Gasteiger partial charge on any atom is 0.0951 e. The van der Waals surface area contributed by atoms with E-state index in [1.165, 1.54) is 5.56 Å². The first-order valence-electron chi connectivity index (χ1n) is 6.33. The van der Waals surface area contributed by atoms with Crippen molar-refractivity contribution in [1.29, 1.82) is 0 Å². The Morgan fingerprint density at radius 2 is 2.18 bits per heavy atom. The van der Waals surface area contributed by atoms with Gasteiger partial charge in [0, 0.05) is 18.7 Å². The van der Waals surface area contributed by atoms with Crippen LogP contribution in [0.3, 0.4) is 0 Å². The van der Waals surface area contributed by atoms with E-state index >= 15 is 0 Å². The first-order valence-corrected chi connectivity index (χ1v) is 6.33. The topological polar surface area (TPSA) is 32.7 Å². The number of likely N-dealkylation sites (N-methyl/N-ethyl adjacent to an activating group) is 1. The van der Waals surface area contributed by atoms with Gasteiger partial charge >= 0.3 is 0 Å². The maximum absolute atomic E-state index is 10.4. The van der Waals surface area contributed by atoms with Crippen LogP contribution in [-0.4, -0.2) is 42.4 Å². The van der Waals surface area contributed by atoms with Gasteiger partial charge in [0.1, 0.15) is 0 Å². The summed E-state index contributed by atoms with van der Waals surface area (Å²) in [5, 5.41) is 10.4. The van der Waals surface area contributed by atoms with Gasteiger partial charge in [-0.3, -0.25) is 4.90 Å². The maximum atomic E-state index is 10.4. The van der Waals surface area contributed by atoms with Gasteiger partial charge in [0.2, 0.25) is 0 Å². The van der Waals surface area contributed by atoms with Gasteiger partial charge in [-0.1, -0.05) is 24.3 Å². The third kappa shape index (κ3) is 1.88. The van der Waals surface area contributed by atoms with Crippen molar-refractivity contribution in [3.05, 3.63) is 35.4 Å². The molecule has 1 aromatic rings. The van der Waals surface area contributed by atoms with Crippen LogP contribution in [0, 0.1) is 0 Å². The number of aliphatic hydroxyl groups is 1. The first-order chi connectivity index (χ1) is 8.27. The summed E-state index contributed by atoms with van der Waals surface area (Å²) in [6.45, 7) is 1.65. The van der Waals surface area contributed by atoms with Crippen molar-refractivity contribution in [1.82, 2.24) is 4.90 Å². The van der Waals surface area contributed by atoms with E-state index in [2.05, 4.69) is 18.0 Å². The largest absolute Gasteiger partial charge is 0.387 e. The number of nitrogens with zero attached hydrogens (tertiary/aromatic N) is 1. The highest BCUT2D eigenvalue weighted by Crippen LogP contribution is 2.35. The van der Waals surface area contributed by atoms with Crippen molar-refractivity contribution in [2.75, 3.05) is 20.3 Å². The molecule has 1 N–H and O–H groups in total. The zero-order valence-electron chi connectivity index (χ0n) is 10.2. The fraction of sp³-hybridized carbons (Fsp3) is 0.571. The summed E-state index contributed by atoms with van der Waals surface area (Å²) < 4.78 is 5.43. The minimum absolute atomic E-state index is 0.207. The van der Waals surface area contributed by atoms with Crippen molar-refractivity contribution >= 4 is 0 Å². The lowest BCUT2D eigenvalue weighted by atomic mass is 10.1. The Morgan fingerprint density at radius 1 is 1.35 bits per heavy atom. The number of rotatable bonds is 2. The Labute approximate surface area is 102 Å². The number of hydrogen-bond acceptors (Lipinski definition) is 3. The summed E-state index contributed by atoms with van der Waals surface area (Å²) in [5.74, 6) is 0. The molecule has 0 radical (unpaired) electrons. The van der Waals surface area contributed by atoms with Crippen LogP contribution in [0.1, 0.15) is 23.7 Å². The summed E-state index contributed by atoms with van der Waals surface area (Å²) >= 11 is 0. The van der Waals surface area contributed by atoms with Crippen LogP contribution in [0.2, 0.25) is 0 Å². The molecule has 3 atom stereocenters. The van der Waals surface area contributed by atoms with E-state index in [0.29, 0.717) is 6.04 Å². The second-order valence-corrected chi connectivity index (χ2v) is 5.10. The number of aliphatic hydroxyl groups excluding tert-OH is 1. The Kier molecular flexibility index (Phi) is 2.90. The zero-order valence-corrected chi connectivity index (χ0v) is 10.2. The molecule has 0 bridgehead atoms. The van der Waals surface area contributed by atoms with Crippen LogP contribution in [0.25, 0.3) is 0 Å². The third-order valence-electron chi connectivity index (χ3n) is 4.17. The monoisotopic (exact) mass is 233 g/mol. The molecule has 1 fully saturated rings.